The van der Waals surface area contributed by atoms with Crippen molar-refractivity contribution in [3.8, 4) is 46.2 Å². The van der Waals surface area contributed by atoms with Gasteiger partial charge in [0.25, 0.3) is 0 Å². The van der Waals surface area contributed by atoms with E-state index in [4.69, 9.17) is 33.8 Å². The normalized spacial score (nSPS) is 18.4. The maximum atomic E-state index is 12.7. The van der Waals surface area contributed by atoms with Crippen LogP contribution in [-0.4, -0.2) is 74.7 Å². The second-order valence-electron chi connectivity index (χ2n) is 8.82. The first-order chi connectivity index (χ1) is 19.0. The van der Waals surface area contributed by atoms with Gasteiger partial charge in [0.15, 0.2) is 11.5 Å². The predicted molar refractivity (Wildman–Crippen MR) is 138 cm³/mol. The number of methoxy groups -OCH3 is 3. The zero-order valence-electron chi connectivity index (χ0n) is 21.6. The topological polar surface area (TPSA) is 152 Å². The summed E-state index contributed by atoms with van der Waals surface area (Å²) < 4.78 is 33.1. The van der Waals surface area contributed by atoms with Crippen LogP contribution in [0.5, 0.6) is 28.9 Å². The molecule has 5 rings (SSSR count). The number of ether oxygens (including phenoxy) is 6. The second kappa shape index (κ2) is 10.9. The van der Waals surface area contributed by atoms with Gasteiger partial charge in [-0.15, -0.1) is 5.10 Å². The highest BCUT2D eigenvalue weighted by atomic mass is 16.6. The van der Waals surface area contributed by atoms with Crippen LogP contribution in [0.15, 0.2) is 36.4 Å². The van der Waals surface area contributed by atoms with E-state index in [0.717, 1.165) is 0 Å². The molecular weight excluding hydrogens is 506 g/mol. The van der Waals surface area contributed by atoms with Crippen LogP contribution in [0, 0.1) is 22.7 Å². The largest absolute Gasteiger partial charge is 0.493 e. The number of benzene rings is 2. The molecule has 2 aliphatic rings. The molecule has 3 aromatic rings. The van der Waals surface area contributed by atoms with Gasteiger partial charge in [-0.1, -0.05) is 12.1 Å². The van der Waals surface area contributed by atoms with Crippen LogP contribution in [-0.2, 0) is 4.74 Å². The number of carbonyl (C=O) groups is 1. The highest BCUT2D eigenvalue weighted by molar-refractivity contribution is 5.87. The number of nitrogens with zero attached hydrogens (tertiary/aromatic N) is 3. The number of hydrogen-bond acceptors (Lipinski definition) is 10. The lowest BCUT2D eigenvalue weighted by atomic mass is 9.78. The fraction of sp³-hybridized carbons (Fsp3) is 0.333. The molecule has 0 bridgehead atoms. The maximum Gasteiger partial charge on any atom is 0.415 e. The van der Waals surface area contributed by atoms with E-state index in [1.165, 1.54) is 21.3 Å². The van der Waals surface area contributed by atoms with Crippen molar-refractivity contribution in [3.63, 3.8) is 0 Å². The van der Waals surface area contributed by atoms with Gasteiger partial charge in [0.1, 0.15) is 11.7 Å². The first-order valence-corrected chi connectivity index (χ1v) is 12.2. The molecule has 2 aromatic carbocycles. The highest BCUT2D eigenvalue weighted by Crippen LogP contribution is 2.48. The summed E-state index contributed by atoms with van der Waals surface area (Å²) in [6.07, 6.45) is -0.478. The summed E-state index contributed by atoms with van der Waals surface area (Å²) in [4.78, 5) is 14.3. The van der Waals surface area contributed by atoms with Crippen molar-refractivity contribution in [2.75, 3.05) is 47.6 Å². The maximum absolute atomic E-state index is 12.7. The number of aromatic amines is 1. The lowest BCUT2D eigenvalue weighted by Crippen LogP contribution is -2.42. The quantitative estimate of drug-likeness (QED) is 0.484. The average Bonchev–Trinajstić information content (AvgIpc) is 3.39. The second-order valence-corrected chi connectivity index (χ2v) is 8.82. The smallest absolute Gasteiger partial charge is 0.415 e. The number of hydrogen-bond donors (Lipinski definition) is 2. The molecule has 1 amide bonds. The minimum Gasteiger partial charge on any atom is -0.493 e. The van der Waals surface area contributed by atoms with Gasteiger partial charge in [0.2, 0.25) is 17.5 Å². The summed E-state index contributed by atoms with van der Waals surface area (Å²) in [5.41, 5.74) is 2.42. The Bertz CT molecular complexity index is 1420. The molecule has 1 aromatic heterocycles. The van der Waals surface area contributed by atoms with Crippen LogP contribution in [0.4, 0.5) is 4.79 Å². The summed E-state index contributed by atoms with van der Waals surface area (Å²) in [6, 6.07) is 12.6. The summed E-state index contributed by atoms with van der Waals surface area (Å²) >= 11 is 0. The van der Waals surface area contributed by atoms with Crippen molar-refractivity contribution in [1.29, 1.82) is 10.7 Å². The van der Waals surface area contributed by atoms with Crippen molar-refractivity contribution < 1.29 is 33.2 Å². The molecule has 1 fully saturated rings. The number of carbonyl (C=O) groups excluding carboxylic acids is 1. The molecule has 2 N–H and O–H groups in total. The molecule has 2 unspecified atom stereocenters. The zero-order chi connectivity index (χ0) is 27.5. The Morgan fingerprint density at radius 3 is 2.49 bits per heavy atom. The van der Waals surface area contributed by atoms with Gasteiger partial charge in [0, 0.05) is 24.6 Å². The van der Waals surface area contributed by atoms with Gasteiger partial charge in [0.05, 0.1) is 51.9 Å². The molecule has 2 aliphatic heterocycles. The van der Waals surface area contributed by atoms with E-state index in [2.05, 4.69) is 16.3 Å². The number of aromatic nitrogens is 2. The Morgan fingerprint density at radius 2 is 1.85 bits per heavy atom. The minimum absolute atomic E-state index is 0.177. The third-order valence-corrected chi connectivity index (χ3v) is 6.69. The number of nitriles is 1. The number of H-pyrrole nitrogens is 1. The first kappa shape index (κ1) is 25.9. The molecule has 3 heterocycles. The van der Waals surface area contributed by atoms with Crippen molar-refractivity contribution >= 4 is 12.0 Å². The van der Waals surface area contributed by atoms with Gasteiger partial charge in [-0.25, -0.2) is 4.79 Å². The third kappa shape index (κ3) is 4.80. The Morgan fingerprint density at radius 1 is 1.13 bits per heavy atom. The van der Waals surface area contributed by atoms with Gasteiger partial charge < -0.3 is 33.3 Å². The number of nitrogens with one attached hydrogen (secondary N) is 2. The average molecular weight is 534 g/mol. The molecule has 0 radical (unpaired) electrons. The molecule has 1 saturated heterocycles. The van der Waals surface area contributed by atoms with Crippen LogP contribution in [0.3, 0.4) is 0 Å². The molecular formula is C27H27N5O7. The highest BCUT2D eigenvalue weighted by Gasteiger charge is 2.41. The lowest BCUT2D eigenvalue weighted by molar-refractivity contribution is 0.0416. The Balaban J connectivity index is 1.58. The fourth-order valence-electron chi connectivity index (χ4n) is 4.81. The number of rotatable bonds is 6. The monoisotopic (exact) mass is 533 g/mol. The first-order valence-electron chi connectivity index (χ1n) is 12.2. The zero-order valence-corrected chi connectivity index (χ0v) is 21.6. The van der Waals surface area contributed by atoms with Crippen LogP contribution < -0.4 is 23.7 Å². The summed E-state index contributed by atoms with van der Waals surface area (Å²) in [7, 11) is 4.56. The summed E-state index contributed by atoms with van der Waals surface area (Å²) in [5.74, 6) is -0.0449. The van der Waals surface area contributed by atoms with Crippen LogP contribution >= 0.6 is 0 Å². The van der Waals surface area contributed by atoms with Gasteiger partial charge in [-0.3, -0.25) is 10.5 Å². The molecule has 2 atom stereocenters. The van der Waals surface area contributed by atoms with Crippen molar-refractivity contribution in [1.82, 2.24) is 15.1 Å². The van der Waals surface area contributed by atoms with E-state index in [0.29, 0.717) is 71.7 Å². The van der Waals surface area contributed by atoms with E-state index in [1.54, 1.807) is 35.2 Å². The minimum atomic E-state index is -0.957. The Hall–Kier alpha value is -4.76. The van der Waals surface area contributed by atoms with Gasteiger partial charge in [-0.05, 0) is 29.8 Å². The molecule has 0 saturated carbocycles. The van der Waals surface area contributed by atoms with E-state index in [9.17, 15) is 10.1 Å². The molecule has 202 valence electrons. The lowest BCUT2D eigenvalue weighted by Gasteiger charge is -2.29. The van der Waals surface area contributed by atoms with E-state index >= 15 is 0 Å². The SMILES string of the molecule is COc1cc(-c2[nH]nc3c2C(c2cccc(OC(=O)N4CCOCC4)c2)C(C#N)C(=N)O3)cc(OC)c1OC. The molecule has 12 nitrogen and oxygen atoms in total. The molecule has 12 heteroatoms. The van der Waals surface area contributed by atoms with Gasteiger partial charge in [-0.2, -0.15) is 5.26 Å². The van der Waals surface area contributed by atoms with Crippen LogP contribution in [0.1, 0.15) is 17.0 Å². The standard InChI is InChI=1S/C27H27N5O7/c1-34-19-12-16(13-20(35-2)24(19)36-3)23-22-21(18(14-28)25(29)39-26(22)31-30-23)15-5-4-6-17(11-15)38-27(33)32-7-9-37-10-8-32/h4-6,11-13,18,21,29H,7-10H2,1-3H3,(H,30,31). The number of amides is 1. The Kier molecular flexibility index (Phi) is 7.25. The van der Waals surface area contributed by atoms with Crippen molar-refractivity contribution in [2.45, 2.75) is 5.92 Å². The van der Waals surface area contributed by atoms with E-state index in [-0.39, 0.29) is 11.8 Å². The van der Waals surface area contributed by atoms with E-state index in [1.807, 2.05) is 6.07 Å². The number of morpholine rings is 1. The summed E-state index contributed by atoms with van der Waals surface area (Å²) in [6.45, 7) is 1.80. The summed E-state index contributed by atoms with van der Waals surface area (Å²) in [5, 5.41) is 25.8. The third-order valence-electron chi connectivity index (χ3n) is 6.69. The predicted octanol–water partition coefficient (Wildman–Crippen LogP) is 3.57. The molecule has 0 aliphatic carbocycles. The Labute approximate surface area is 224 Å². The van der Waals surface area contributed by atoms with Crippen LogP contribution in [0.25, 0.3) is 11.3 Å². The fourth-order valence-corrected chi connectivity index (χ4v) is 4.81. The van der Waals surface area contributed by atoms with Crippen molar-refractivity contribution in [2.24, 2.45) is 5.92 Å². The van der Waals surface area contributed by atoms with Crippen LogP contribution in [0.2, 0.25) is 0 Å². The van der Waals surface area contributed by atoms with Gasteiger partial charge >= 0.3 is 6.09 Å². The molecule has 0 spiro atoms. The molecule has 39 heavy (non-hydrogen) atoms. The van der Waals surface area contributed by atoms with Crippen molar-refractivity contribution in [3.05, 3.63) is 47.5 Å². The number of fused-ring (bicyclic) bond motifs is 1. The van der Waals surface area contributed by atoms with E-state index < -0.39 is 17.9 Å².